The van der Waals surface area contributed by atoms with Crippen molar-refractivity contribution in [1.29, 1.82) is 0 Å². The second-order valence-corrected chi connectivity index (χ2v) is 6.83. The van der Waals surface area contributed by atoms with Crippen molar-refractivity contribution in [2.24, 2.45) is 5.92 Å². The molecule has 3 nitrogen and oxygen atoms in total. The van der Waals surface area contributed by atoms with Gasteiger partial charge in [0.1, 0.15) is 0 Å². The second-order valence-electron chi connectivity index (χ2n) is 5.90. The molecule has 1 aliphatic carbocycles. The molecule has 2 heterocycles. The average Bonchev–Trinajstić information content (AvgIpc) is 3.12. The van der Waals surface area contributed by atoms with Crippen LogP contribution in [0.5, 0.6) is 0 Å². The van der Waals surface area contributed by atoms with E-state index >= 15 is 0 Å². The van der Waals surface area contributed by atoms with Crippen LogP contribution in [0.4, 0.5) is 0 Å². The molecule has 1 aromatic rings. The fourth-order valence-corrected chi connectivity index (χ4v) is 4.20. The van der Waals surface area contributed by atoms with Gasteiger partial charge in [0.25, 0.3) is 0 Å². The maximum absolute atomic E-state index is 12.4. The fraction of sp³-hybridized carbons (Fsp3) is 0.733. The maximum atomic E-state index is 12.4. The lowest BCUT2D eigenvalue weighted by Crippen LogP contribution is -2.39. The number of amides is 1. The molecule has 2 aliphatic rings. The van der Waals surface area contributed by atoms with Crippen LogP contribution >= 0.6 is 11.3 Å². The molecule has 19 heavy (non-hydrogen) atoms. The summed E-state index contributed by atoms with van der Waals surface area (Å²) in [6.45, 7) is 1.84. The van der Waals surface area contributed by atoms with Crippen LogP contribution in [0.15, 0.2) is 11.6 Å². The Hall–Kier alpha value is -0.900. The zero-order valence-electron chi connectivity index (χ0n) is 11.4. The van der Waals surface area contributed by atoms with E-state index in [9.17, 15) is 4.79 Å². The molecule has 1 aliphatic heterocycles. The van der Waals surface area contributed by atoms with Crippen LogP contribution in [-0.4, -0.2) is 28.9 Å². The SMILES string of the molecule is O=C(CC1CCCC1)N1CCC[C@H](c2nccs2)C1. The van der Waals surface area contributed by atoms with Crippen LogP contribution in [0.3, 0.4) is 0 Å². The van der Waals surface area contributed by atoms with Crippen LogP contribution in [0, 0.1) is 5.92 Å². The van der Waals surface area contributed by atoms with Gasteiger partial charge < -0.3 is 4.90 Å². The molecule has 1 aromatic heterocycles. The molecule has 0 aromatic carbocycles. The van der Waals surface area contributed by atoms with Crippen molar-refractivity contribution in [1.82, 2.24) is 9.88 Å². The van der Waals surface area contributed by atoms with Gasteiger partial charge in [-0.3, -0.25) is 4.79 Å². The van der Waals surface area contributed by atoms with Gasteiger partial charge in [0, 0.05) is 37.0 Å². The Balaban J connectivity index is 1.56. The first-order valence-corrected chi connectivity index (χ1v) is 8.38. The van der Waals surface area contributed by atoms with Crippen molar-refractivity contribution in [2.45, 2.75) is 50.9 Å². The molecule has 0 radical (unpaired) electrons. The first kappa shape index (κ1) is 13.1. The molecule has 0 spiro atoms. The van der Waals surface area contributed by atoms with Gasteiger partial charge in [-0.15, -0.1) is 11.3 Å². The molecule has 0 bridgehead atoms. The number of rotatable bonds is 3. The zero-order chi connectivity index (χ0) is 13.1. The van der Waals surface area contributed by atoms with Gasteiger partial charge >= 0.3 is 0 Å². The third kappa shape index (κ3) is 3.16. The predicted molar refractivity (Wildman–Crippen MR) is 77.2 cm³/mol. The Morgan fingerprint density at radius 2 is 2.16 bits per heavy atom. The Morgan fingerprint density at radius 1 is 1.32 bits per heavy atom. The van der Waals surface area contributed by atoms with Crippen molar-refractivity contribution >= 4 is 17.2 Å². The van der Waals surface area contributed by atoms with Crippen LogP contribution in [0.2, 0.25) is 0 Å². The lowest BCUT2D eigenvalue weighted by Gasteiger charge is -2.32. The van der Waals surface area contributed by atoms with E-state index in [2.05, 4.69) is 9.88 Å². The zero-order valence-corrected chi connectivity index (χ0v) is 12.2. The minimum absolute atomic E-state index is 0.383. The second kappa shape index (κ2) is 6.04. The Morgan fingerprint density at radius 3 is 2.89 bits per heavy atom. The van der Waals surface area contributed by atoms with Gasteiger partial charge in [0.15, 0.2) is 0 Å². The summed E-state index contributed by atoms with van der Waals surface area (Å²) in [4.78, 5) is 18.9. The van der Waals surface area contributed by atoms with E-state index in [0.717, 1.165) is 25.9 Å². The number of nitrogens with zero attached hydrogens (tertiary/aromatic N) is 2. The van der Waals surface area contributed by atoms with Gasteiger partial charge in [-0.05, 0) is 31.6 Å². The number of thiazole rings is 1. The van der Waals surface area contributed by atoms with Crippen molar-refractivity contribution in [3.63, 3.8) is 0 Å². The summed E-state index contributed by atoms with van der Waals surface area (Å²) < 4.78 is 0. The molecule has 1 saturated carbocycles. The Kier molecular flexibility index (Phi) is 4.16. The van der Waals surface area contributed by atoms with Crippen molar-refractivity contribution in [3.8, 4) is 0 Å². The molecule has 0 N–H and O–H groups in total. The van der Waals surface area contributed by atoms with E-state index in [0.29, 0.717) is 17.7 Å². The van der Waals surface area contributed by atoms with Crippen LogP contribution < -0.4 is 0 Å². The summed E-state index contributed by atoms with van der Waals surface area (Å²) in [7, 11) is 0. The summed E-state index contributed by atoms with van der Waals surface area (Å²) in [5.41, 5.74) is 0. The van der Waals surface area contributed by atoms with E-state index in [1.54, 1.807) is 11.3 Å². The molecule has 1 amide bonds. The molecule has 104 valence electrons. The molecular weight excluding hydrogens is 256 g/mol. The van der Waals surface area contributed by atoms with E-state index in [1.807, 2.05) is 11.6 Å². The molecule has 1 atom stereocenters. The number of carbonyl (C=O) groups excluding carboxylic acids is 1. The summed E-state index contributed by atoms with van der Waals surface area (Å²) in [6, 6.07) is 0. The number of hydrogen-bond acceptors (Lipinski definition) is 3. The van der Waals surface area contributed by atoms with Gasteiger partial charge in [0.2, 0.25) is 5.91 Å². The van der Waals surface area contributed by atoms with Gasteiger partial charge in [-0.2, -0.15) is 0 Å². The highest BCUT2D eigenvalue weighted by atomic mass is 32.1. The monoisotopic (exact) mass is 278 g/mol. The highest BCUT2D eigenvalue weighted by Gasteiger charge is 2.28. The van der Waals surface area contributed by atoms with Crippen molar-refractivity contribution in [3.05, 3.63) is 16.6 Å². The van der Waals surface area contributed by atoms with Crippen LogP contribution in [-0.2, 0) is 4.79 Å². The number of hydrogen-bond donors (Lipinski definition) is 0. The molecule has 4 heteroatoms. The minimum atomic E-state index is 0.383. The van der Waals surface area contributed by atoms with Crippen LogP contribution in [0.25, 0.3) is 0 Å². The summed E-state index contributed by atoms with van der Waals surface area (Å²) >= 11 is 1.73. The lowest BCUT2D eigenvalue weighted by atomic mass is 9.97. The van der Waals surface area contributed by atoms with Gasteiger partial charge in [0.05, 0.1) is 5.01 Å². The van der Waals surface area contributed by atoms with Crippen LogP contribution in [0.1, 0.15) is 55.9 Å². The maximum Gasteiger partial charge on any atom is 0.222 e. The first-order valence-electron chi connectivity index (χ1n) is 7.50. The standard InChI is InChI=1S/C15H22N2OS/c18-14(10-12-4-1-2-5-12)17-8-3-6-13(11-17)15-16-7-9-19-15/h7,9,12-13H,1-6,8,10-11H2/t13-/m0/s1. The normalized spacial score (nSPS) is 24.8. The molecule has 1 saturated heterocycles. The topological polar surface area (TPSA) is 33.2 Å². The quantitative estimate of drug-likeness (QED) is 0.848. The largest absolute Gasteiger partial charge is 0.342 e. The van der Waals surface area contributed by atoms with Gasteiger partial charge in [-0.1, -0.05) is 12.8 Å². The third-order valence-corrected chi connectivity index (χ3v) is 5.45. The smallest absolute Gasteiger partial charge is 0.222 e. The summed E-state index contributed by atoms with van der Waals surface area (Å²) in [5, 5.41) is 3.24. The van der Waals surface area contributed by atoms with Gasteiger partial charge in [-0.25, -0.2) is 4.98 Å². The summed E-state index contributed by atoms with van der Waals surface area (Å²) in [5.74, 6) is 1.52. The molecule has 0 unspecified atom stereocenters. The summed E-state index contributed by atoms with van der Waals surface area (Å²) in [6.07, 6.45) is 10.1. The van der Waals surface area contributed by atoms with Crippen molar-refractivity contribution in [2.75, 3.05) is 13.1 Å². The van der Waals surface area contributed by atoms with E-state index < -0.39 is 0 Å². The predicted octanol–water partition coefficient (Wildman–Crippen LogP) is 3.43. The number of aromatic nitrogens is 1. The molecule has 2 fully saturated rings. The fourth-order valence-electron chi connectivity index (χ4n) is 3.43. The number of likely N-dealkylation sites (tertiary alicyclic amines) is 1. The van der Waals surface area contributed by atoms with E-state index in [1.165, 1.54) is 37.1 Å². The highest BCUT2D eigenvalue weighted by Crippen LogP contribution is 2.31. The molecular formula is C15H22N2OS. The highest BCUT2D eigenvalue weighted by molar-refractivity contribution is 7.09. The lowest BCUT2D eigenvalue weighted by molar-refractivity contribution is -0.133. The number of carbonyl (C=O) groups is 1. The van der Waals surface area contributed by atoms with Crippen molar-refractivity contribution < 1.29 is 4.79 Å². The average molecular weight is 278 g/mol. The number of piperidine rings is 1. The van der Waals surface area contributed by atoms with E-state index in [4.69, 9.17) is 0 Å². The minimum Gasteiger partial charge on any atom is -0.342 e. The third-order valence-electron chi connectivity index (χ3n) is 4.51. The Labute approximate surface area is 119 Å². The Bertz CT molecular complexity index is 412. The molecule has 3 rings (SSSR count). The first-order chi connectivity index (χ1) is 9.33. The van der Waals surface area contributed by atoms with E-state index in [-0.39, 0.29) is 0 Å².